The number of hydrogen-bond acceptors (Lipinski definition) is 3. The van der Waals surface area contributed by atoms with E-state index in [4.69, 9.17) is 11.5 Å². The van der Waals surface area contributed by atoms with Crippen molar-refractivity contribution in [2.75, 3.05) is 13.1 Å². The van der Waals surface area contributed by atoms with Crippen LogP contribution >= 0.6 is 0 Å². The summed E-state index contributed by atoms with van der Waals surface area (Å²) >= 11 is 0. The quantitative estimate of drug-likeness (QED) is 0.855. The van der Waals surface area contributed by atoms with Crippen molar-refractivity contribution < 1.29 is 4.79 Å². The molecule has 1 aromatic carbocycles. The van der Waals surface area contributed by atoms with Gasteiger partial charge in [0.05, 0.1) is 5.92 Å². The Morgan fingerprint density at radius 2 is 2.21 bits per heavy atom. The maximum absolute atomic E-state index is 11.3. The van der Waals surface area contributed by atoms with Crippen molar-refractivity contribution in [1.29, 1.82) is 0 Å². The summed E-state index contributed by atoms with van der Waals surface area (Å²) in [5.41, 5.74) is 14.0. The maximum atomic E-state index is 11.3. The number of carbonyl (C=O) groups is 1. The van der Waals surface area contributed by atoms with Crippen molar-refractivity contribution in [1.82, 2.24) is 4.90 Å². The number of likely N-dealkylation sites (tertiary alicyclic amines) is 1. The predicted octanol–water partition coefficient (Wildman–Crippen LogP) is 1.19. The van der Waals surface area contributed by atoms with E-state index in [1.807, 2.05) is 6.92 Å². The van der Waals surface area contributed by atoms with Gasteiger partial charge in [-0.15, -0.1) is 0 Å². The van der Waals surface area contributed by atoms with Crippen LogP contribution in [0.25, 0.3) is 0 Å². The zero-order valence-corrected chi connectivity index (χ0v) is 11.7. The fraction of sp³-hybridized carbons (Fsp3) is 0.533. The van der Waals surface area contributed by atoms with Crippen molar-refractivity contribution in [2.24, 2.45) is 17.4 Å². The van der Waals surface area contributed by atoms with E-state index in [-0.39, 0.29) is 23.9 Å². The van der Waals surface area contributed by atoms with Crippen LogP contribution < -0.4 is 11.5 Å². The summed E-state index contributed by atoms with van der Waals surface area (Å²) in [7, 11) is 0. The smallest absolute Gasteiger partial charge is 0.221 e. The Labute approximate surface area is 114 Å². The Bertz CT molecular complexity index is 458. The molecule has 4 nitrogen and oxygen atoms in total. The molecule has 1 aromatic rings. The lowest BCUT2D eigenvalue weighted by atomic mass is 9.98. The maximum Gasteiger partial charge on any atom is 0.221 e. The van der Waals surface area contributed by atoms with Crippen molar-refractivity contribution in [3.05, 3.63) is 35.4 Å². The summed E-state index contributed by atoms with van der Waals surface area (Å²) in [4.78, 5) is 13.6. The number of hydrogen-bond donors (Lipinski definition) is 2. The molecule has 1 heterocycles. The third-order valence-electron chi connectivity index (χ3n) is 3.90. The highest BCUT2D eigenvalue weighted by Crippen LogP contribution is 2.29. The van der Waals surface area contributed by atoms with Gasteiger partial charge in [0.1, 0.15) is 0 Å². The van der Waals surface area contributed by atoms with Gasteiger partial charge in [-0.3, -0.25) is 9.69 Å². The molecular weight excluding hydrogens is 238 g/mol. The van der Waals surface area contributed by atoms with Crippen LogP contribution in [0.1, 0.15) is 30.5 Å². The first-order valence-corrected chi connectivity index (χ1v) is 6.84. The monoisotopic (exact) mass is 261 g/mol. The molecule has 1 saturated heterocycles. The molecule has 4 heteroatoms. The highest BCUT2D eigenvalue weighted by Gasteiger charge is 2.33. The summed E-state index contributed by atoms with van der Waals surface area (Å²) < 4.78 is 0. The second kappa shape index (κ2) is 5.72. The summed E-state index contributed by atoms with van der Waals surface area (Å²) in [6.07, 6.45) is 0.838. The molecule has 0 aromatic heterocycles. The van der Waals surface area contributed by atoms with Crippen LogP contribution in [-0.4, -0.2) is 29.9 Å². The number of amides is 1. The van der Waals surface area contributed by atoms with Gasteiger partial charge >= 0.3 is 0 Å². The molecule has 0 bridgehead atoms. The topological polar surface area (TPSA) is 72.3 Å². The molecule has 104 valence electrons. The number of primary amides is 1. The van der Waals surface area contributed by atoms with E-state index in [1.54, 1.807) is 0 Å². The van der Waals surface area contributed by atoms with Gasteiger partial charge in [0.2, 0.25) is 5.91 Å². The molecule has 0 saturated carbocycles. The van der Waals surface area contributed by atoms with E-state index in [1.165, 1.54) is 11.1 Å². The number of nitrogens with zero attached hydrogens (tertiary/aromatic N) is 1. The fourth-order valence-corrected chi connectivity index (χ4v) is 2.97. The second-order valence-corrected chi connectivity index (χ2v) is 5.60. The van der Waals surface area contributed by atoms with Crippen molar-refractivity contribution >= 4 is 5.91 Å². The average molecular weight is 261 g/mol. The molecule has 0 aliphatic carbocycles. The first kappa shape index (κ1) is 14.0. The highest BCUT2D eigenvalue weighted by atomic mass is 16.1. The predicted molar refractivity (Wildman–Crippen MR) is 76.4 cm³/mol. The summed E-state index contributed by atoms with van der Waals surface area (Å²) in [6.45, 7) is 5.70. The van der Waals surface area contributed by atoms with E-state index in [0.29, 0.717) is 0 Å². The van der Waals surface area contributed by atoms with Crippen LogP contribution in [0, 0.1) is 12.8 Å². The van der Waals surface area contributed by atoms with Gasteiger partial charge in [-0.2, -0.15) is 0 Å². The van der Waals surface area contributed by atoms with Crippen LogP contribution in [0.4, 0.5) is 0 Å². The van der Waals surface area contributed by atoms with Gasteiger partial charge in [0.25, 0.3) is 0 Å². The standard InChI is InChI=1S/C15H23N3O/c1-10-4-3-5-12(8-10)14(11(2)16)18-7-6-13(9-18)15(17)19/h3-5,8,11,13-14H,6-7,9,16H2,1-2H3,(H2,17,19). The molecule has 0 spiro atoms. The molecule has 1 fully saturated rings. The lowest BCUT2D eigenvalue weighted by Crippen LogP contribution is -2.39. The van der Waals surface area contributed by atoms with Crippen LogP contribution in [0.2, 0.25) is 0 Å². The zero-order valence-electron chi connectivity index (χ0n) is 11.7. The molecule has 3 unspecified atom stereocenters. The van der Waals surface area contributed by atoms with Gasteiger partial charge in [-0.25, -0.2) is 0 Å². The highest BCUT2D eigenvalue weighted by molar-refractivity contribution is 5.77. The Balaban J connectivity index is 2.20. The third kappa shape index (κ3) is 3.14. The largest absolute Gasteiger partial charge is 0.369 e. The normalized spacial score (nSPS) is 23.2. The van der Waals surface area contributed by atoms with E-state index in [9.17, 15) is 4.79 Å². The van der Waals surface area contributed by atoms with Crippen molar-refractivity contribution in [2.45, 2.75) is 32.4 Å². The molecule has 1 amide bonds. The molecule has 2 rings (SSSR count). The molecule has 1 aliphatic rings. The van der Waals surface area contributed by atoms with Crippen LogP contribution in [0.5, 0.6) is 0 Å². The van der Waals surface area contributed by atoms with E-state index in [2.05, 4.69) is 36.1 Å². The Kier molecular flexibility index (Phi) is 4.22. The first-order chi connectivity index (χ1) is 8.99. The van der Waals surface area contributed by atoms with Crippen LogP contribution in [0.3, 0.4) is 0 Å². The second-order valence-electron chi connectivity index (χ2n) is 5.60. The molecular formula is C15H23N3O. The Morgan fingerprint density at radius 3 is 2.74 bits per heavy atom. The summed E-state index contributed by atoms with van der Waals surface area (Å²) in [6, 6.07) is 8.60. The van der Waals surface area contributed by atoms with E-state index in [0.717, 1.165) is 19.5 Å². The number of nitrogens with two attached hydrogens (primary N) is 2. The molecule has 1 aliphatic heterocycles. The minimum Gasteiger partial charge on any atom is -0.369 e. The van der Waals surface area contributed by atoms with Gasteiger partial charge in [-0.1, -0.05) is 29.8 Å². The number of rotatable bonds is 4. The molecule has 3 atom stereocenters. The van der Waals surface area contributed by atoms with Gasteiger partial charge < -0.3 is 11.5 Å². The van der Waals surface area contributed by atoms with Gasteiger partial charge in [-0.05, 0) is 32.4 Å². The van der Waals surface area contributed by atoms with E-state index >= 15 is 0 Å². The minimum absolute atomic E-state index is 0.0217. The fourth-order valence-electron chi connectivity index (χ4n) is 2.97. The Hall–Kier alpha value is -1.39. The molecule has 4 N–H and O–H groups in total. The number of carbonyl (C=O) groups excluding carboxylic acids is 1. The molecule has 0 radical (unpaired) electrons. The zero-order chi connectivity index (χ0) is 14.0. The van der Waals surface area contributed by atoms with Gasteiger partial charge in [0.15, 0.2) is 0 Å². The molecule has 19 heavy (non-hydrogen) atoms. The first-order valence-electron chi connectivity index (χ1n) is 6.84. The van der Waals surface area contributed by atoms with Crippen molar-refractivity contribution in [3.63, 3.8) is 0 Å². The SMILES string of the molecule is Cc1cccc(C(C(C)N)N2CCC(C(N)=O)C2)c1. The summed E-state index contributed by atoms with van der Waals surface area (Å²) in [5, 5.41) is 0. The number of aryl methyl sites for hydroxylation is 1. The van der Waals surface area contributed by atoms with Crippen molar-refractivity contribution in [3.8, 4) is 0 Å². The average Bonchev–Trinajstić information content (AvgIpc) is 2.78. The van der Waals surface area contributed by atoms with E-state index < -0.39 is 0 Å². The summed E-state index contributed by atoms with van der Waals surface area (Å²) in [5.74, 6) is -0.235. The van der Waals surface area contributed by atoms with Gasteiger partial charge in [0, 0.05) is 18.6 Å². The lowest BCUT2D eigenvalue weighted by molar-refractivity contribution is -0.121. The van der Waals surface area contributed by atoms with Crippen LogP contribution in [0.15, 0.2) is 24.3 Å². The lowest BCUT2D eigenvalue weighted by Gasteiger charge is -2.31. The third-order valence-corrected chi connectivity index (χ3v) is 3.90. The number of benzene rings is 1. The Morgan fingerprint density at radius 1 is 1.47 bits per heavy atom. The van der Waals surface area contributed by atoms with Crippen LogP contribution in [-0.2, 0) is 4.79 Å². The minimum atomic E-state index is -0.199.